The van der Waals surface area contributed by atoms with Gasteiger partial charge in [-0.1, -0.05) is 6.07 Å². The van der Waals surface area contributed by atoms with Crippen LogP contribution in [0.1, 0.15) is 23.7 Å². The first-order chi connectivity index (χ1) is 14.8. The number of methoxy groups -OCH3 is 1. The van der Waals surface area contributed by atoms with Crippen LogP contribution in [0.2, 0.25) is 0 Å². The van der Waals surface area contributed by atoms with E-state index >= 15 is 0 Å². The van der Waals surface area contributed by atoms with Crippen LogP contribution in [0.4, 0.5) is 21.7 Å². The number of thioether (sulfide) groups is 1. The Morgan fingerprint density at radius 2 is 2.06 bits per heavy atom. The third-order valence-electron chi connectivity index (χ3n) is 4.48. The number of hydrogen-bond donors (Lipinski definition) is 4. The topological polar surface area (TPSA) is 125 Å². The van der Waals surface area contributed by atoms with Gasteiger partial charge in [0.25, 0.3) is 5.91 Å². The molecule has 0 aliphatic heterocycles. The fourth-order valence-electron chi connectivity index (χ4n) is 2.80. The molecule has 1 amide bonds. The number of ether oxygens (including phenoxy) is 2. The number of nitrogens with one attached hydrogen (secondary N) is 2. The molecule has 1 heterocycles. The van der Waals surface area contributed by atoms with Gasteiger partial charge >= 0.3 is 0 Å². The maximum absolute atomic E-state index is 14.7. The molecule has 0 saturated heterocycles. The molecule has 2 aromatic rings. The second-order valence-corrected chi connectivity index (χ2v) is 7.95. The first-order valence-corrected chi connectivity index (χ1v) is 11.2. The molecule has 0 radical (unpaired) electrons. The van der Waals surface area contributed by atoms with Crippen molar-refractivity contribution in [3.8, 4) is 5.75 Å². The molecule has 1 aromatic carbocycles. The molecule has 6 N–H and O–H groups in total. The normalized spacial score (nSPS) is 12.8. The quantitative estimate of drug-likeness (QED) is 0.343. The molecule has 0 bridgehead atoms. The molecule has 0 aliphatic carbocycles. The Bertz CT molecular complexity index is 869. The number of rotatable bonds is 13. The Morgan fingerprint density at radius 1 is 1.29 bits per heavy atom. The van der Waals surface area contributed by atoms with Crippen molar-refractivity contribution < 1.29 is 18.7 Å². The number of nitrogens with zero attached hydrogens (tertiary/aromatic N) is 1. The minimum absolute atomic E-state index is 0.00315. The van der Waals surface area contributed by atoms with Crippen molar-refractivity contribution in [1.82, 2.24) is 4.98 Å². The summed E-state index contributed by atoms with van der Waals surface area (Å²) in [5.74, 6) is 0.144. The second kappa shape index (κ2) is 12.3. The SMILES string of the molecule is COCCOc1cccc(Nc2nc(N[C@H](CCSC)[C@H](C)N)c(F)cc2C(N)=O)c1. The van der Waals surface area contributed by atoms with Crippen molar-refractivity contribution in [2.75, 3.05) is 43.0 Å². The number of amides is 1. The predicted molar refractivity (Wildman–Crippen MR) is 124 cm³/mol. The predicted octanol–water partition coefficient (Wildman–Crippen LogP) is 2.97. The lowest BCUT2D eigenvalue weighted by Crippen LogP contribution is -2.39. The molecule has 31 heavy (non-hydrogen) atoms. The van der Waals surface area contributed by atoms with Crippen molar-refractivity contribution >= 4 is 35.0 Å². The number of primary amides is 1. The number of halogens is 1. The van der Waals surface area contributed by atoms with Gasteiger partial charge in [-0.25, -0.2) is 9.37 Å². The summed E-state index contributed by atoms with van der Waals surface area (Å²) in [5, 5.41) is 6.10. The lowest BCUT2D eigenvalue weighted by molar-refractivity contribution is 0.100. The van der Waals surface area contributed by atoms with Crippen molar-refractivity contribution in [2.45, 2.75) is 25.4 Å². The fourth-order valence-corrected chi connectivity index (χ4v) is 3.29. The van der Waals surface area contributed by atoms with Crippen molar-refractivity contribution in [3.05, 3.63) is 41.7 Å². The van der Waals surface area contributed by atoms with Gasteiger partial charge < -0.3 is 31.6 Å². The van der Waals surface area contributed by atoms with Crippen molar-refractivity contribution in [2.24, 2.45) is 11.5 Å². The smallest absolute Gasteiger partial charge is 0.252 e. The minimum atomic E-state index is -0.793. The minimum Gasteiger partial charge on any atom is -0.491 e. The monoisotopic (exact) mass is 451 g/mol. The maximum atomic E-state index is 14.7. The third-order valence-corrected chi connectivity index (χ3v) is 5.13. The molecule has 0 aliphatic rings. The molecule has 10 heteroatoms. The molecule has 0 unspecified atom stereocenters. The highest BCUT2D eigenvalue weighted by Gasteiger charge is 2.20. The Labute approximate surface area is 186 Å². The lowest BCUT2D eigenvalue weighted by atomic mass is 10.1. The lowest BCUT2D eigenvalue weighted by Gasteiger charge is -2.23. The second-order valence-electron chi connectivity index (χ2n) is 6.96. The Hall–Kier alpha value is -2.56. The van der Waals surface area contributed by atoms with Gasteiger partial charge in [-0.15, -0.1) is 0 Å². The number of carbonyl (C=O) groups is 1. The van der Waals surface area contributed by atoms with E-state index in [-0.39, 0.29) is 29.3 Å². The molecule has 170 valence electrons. The molecule has 0 fully saturated rings. The van der Waals surface area contributed by atoms with E-state index in [9.17, 15) is 9.18 Å². The van der Waals surface area contributed by atoms with E-state index in [0.717, 1.165) is 18.2 Å². The van der Waals surface area contributed by atoms with Crippen LogP contribution in [0.5, 0.6) is 5.75 Å². The largest absolute Gasteiger partial charge is 0.491 e. The van der Waals surface area contributed by atoms with Crippen LogP contribution in [0.15, 0.2) is 30.3 Å². The van der Waals surface area contributed by atoms with E-state index < -0.39 is 11.7 Å². The highest BCUT2D eigenvalue weighted by Crippen LogP contribution is 2.26. The first kappa shape index (κ1) is 24.7. The standard InChI is InChI=1S/C21H30FN5O3S/c1-13(23)18(7-10-31-3)26-21-17(22)12-16(19(24)28)20(27-21)25-14-5-4-6-15(11-14)30-9-8-29-2/h4-6,11-13,18H,7-10,23H2,1-3H3,(H2,24,28)(H2,25,26,27)/t13-,18+/m0/s1. The average Bonchev–Trinajstić information content (AvgIpc) is 2.73. The molecule has 0 spiro atoms. The van der Waals surface area contributed by atoms with Gasteiger partial charge in [0.2, 0.25) is 0 Å². The van der Waals surface area contributed by atoms with E-state index in [4.69, 9.17) is 20.9 Å². The Balaban J connectivity index is 2.30. The molecular weight excluding hydrogens is 421 g/mol. The number of nitrogens with two attached hydrogens (primary N) is 2. The Kier molecular flexibility index (Phi) is 9.83. The van der Waals surface area contributed by atoms with Gasteiger partial charge in [0.15, 0.2) is 11.6 Å². The van der Waals surface area contributed by atoms with Gasteiger partial charge in [-0.05, 0) is 43.6 Å². The number of pyridine rings is 1. The zero-order chi connectivity index (χ0) is 22.8. The van der Waals surface area contributed by atoms with Crippen LogP contribution < -0.4 is 26.8 Å². The summed E-state index contributed by atoms with van der Waals surface area (Å²) in [4.78, 5) is 16.2. The maximum Gasteiger partial charge on any atom is 0.252 e. The van der Waals surface area contributed by atoms with Crippen LogP contribution in [0, 0.1) is 5.82 Å². The number of benzene rings is 1. The summed E-state index contributed by atoms with van der Waals surface area (Å²) in [6.07, 6.45) is 2.73. The van der Waals surface area contributed by atoms with Crippen molar-refractivity contribution in [3.63, 3.8) is 0 Å². The molecule has 8 nitrogen and oxygen atoms in total. The van der Waals surface area contributed by atoms with Crippen LogP contribution in [0.25, 0.3) is 0 Å². The zero-order valence-electron chi connectivity index (χ0n) is 18.0. The Morgan fingerprint density at radius 3 is 2.71 bits per heavy atom. The number of anilines is 3. The van der Waals surface area contributed by atoms with E-state index in [1.54, 1.807) is 43.1 Å². The van der Waals surface area contributed by atoms with Crippen LogP contribution in [0.3, 0.4) is 0 Å². The average molecular weight is 452 g/mol. The summed E-state index contributed by atoms with van der Waals surface area (Å²) in [6, 6.07) is 7.76. The molecule has 2 rings (SSSR count). The summed E-state index contributed by atoms with van der Waals surface area (Å²) in [5.41, 5.74) is 12.0. The summed E-state index contributed by atoms with van der Waals surface area (Å²) in [6.45, 7) is 2.70. The van der Waals surface area contributed by atoms with Gasteiger partial charge in [-0.3, -0.25) is 4.79 Å². The number of aromatic nitrogens is 1. The summed E-state index contributed by atoms with van der Waals surface area (Å²) < 4.78 is 25.2. The van der Waals surface area contributed by atoms with Crippen molar-refractivity contribution in [1.29, 1.82) is 0 Å². The number of hydrogen-bond acceptors (Lipinski definition) is 8. The fraction of sp³-hybridized carbons (Fsp3) is 0.429. The molecule has 1 aromatic heterocycles. The van der Waals surface area contributed by atoms with E-state index in [1.807, 2.05) is 13.2 Å². The van der Waals surface area contributed by atoms with Crippen LogP contribution >= 0.6 is 11.8 Å². The molecular formula is C21H30FN5O3S. The molecule has 2 atom stereocenters. The molecule has 0 saturated carbocycles. The van der Waals surface area contributed by atoms with Gasteiger partial charge in [-0.2, -0.15) is 11.8 Å². The van der Waals surface area contributed by atoms with E-state index in [2.05, 4.69) is 15.6 Å². The highest BCUT2D eigenvalue weighted by molar-refractivity contribution is 7.98. The van der Waals surface area contributed by atoms with Crippen LogP contribution in [-0.2, 0) is 4.74 Å². The van der Waals surface area contributed by atoms with E-state index in [1.165, 1.54) is 0 Å². The van der Waals surface area contributed by atoms with E-state index in [0.29, 0.717) is 24.7 Å². The van der Waals surface area contributed by atoms with Crippen LogP contribution in [-0.4, -0.2) is 55.3 Å². The zero-order valence-corrected chi connectivity index (χ0v) is 18.8. The van der Waals surface area contributed by atoms with Gasteiger partial charge in [0.1, 0.15) is 18.2 Å². The first-order valence-electron chi connectivity index (χ1n) is 9.86. The van der Waals surface area contributed by atoms with Gasteiger partial charge in [0.05, 0.1) is 12.2 Å². The third kappa shape index (κ3) is 7.57. The summed E-state index contributed by atoms with van der Waals surface area (Å²) >= 11 is 1.68. The number of carbonyl (C=O) groups excluding carboxylic acids is 1. The van der Waals surface area contributed by atoms with Gasteiger partial charge in [0, 0.05) is 30.9 Å². The highest BCUT2D eigenvalue weighted by atomic mass is 32.2. The summed E-state index contributed by atoms with van der Waals surface area (Å²) in [7, 11) is 1.59.